The Balaban J connectivity index is 1.63. The number of aryl methyl sites for hydroxylation is 1. The second-order valence-corrected chi connectivity index (χ2v) is 8.02. The molecule has 31 heavy (non-hydrogen) atoms. The number of amides is 1. The van der Waals surface area contributed by atoms with Gasteiger partial charge in [0.1, 0.15) is 0 Å². The molecule has 3 heterocycles. The van der Waals surface area contributed by atoms with E-state index in [1.165, 1.54) is 10.6 Å². The summed E-state index contributed by atoms with van der Waals surface area (Å²) in [6.07, 6.45) is 3.70. The summed E-state index contributed by atoms with van der Waals surface area (Å²) in [7, 11) is 0. The largest absolute Gasteiger partial charge is 0.347 e. The molecule has 158 valence electrons. The van der Waals surface area contributed by atoms with Gasteiger partial charge in [0.2, 0.25) is 5.91 Å². The SMILES string of the molecule is Cc1ccccc1CC(=O)N[C@H](c1cc(=O)n2[nH]c(-c3cccnc3)cc2n1)C(C)C. The molecule has 0 aliphatic heterocycles. The molecule has 0 aliphatic rings. The van der Waals surface area contributed by atoms with Gasteiger partial charge in [-0.1, -0.05) is 38.1 Å². The first-order chi connectivity index (χ1) is 14.9. The minimum atomic E-state index is -0.369. The van der Waals surface area contributed by atoms with Gasteiger partial charge in [0.25, 0.3) is 5.56 Å². The monoisotopic (exact) mass is 415 g/mol. The summed E-state index contributed by atoms with van der Waals surface area (Å²) in [5, 5.41) is 6.14. The minimum absolute atomic E-state index is 0.0619. The quantitative estimate of drug-likeness (QED) is 0.505. The fourth-order valence-electron chi connectivity index (χ4n) is 3.63. The van der Waals surface area contributed by atoms with E-state index in [4.69, 9.17) is 0 Å². The molecule has 0 spiro atoms. The van der Waals surface area contributed by atoms with Gasteiger partial charge in [-0.15, -0.1) is 0 Å². The Morgan fingerprint density at radius 2 is 1.97 bits per heavy atom. The summed E-state index contributed by atoms with van der Waals surface area (Å²) in [4.78, 5) is 34.3. The molecule has 7 nitrogen and oxygen atoms in total. The lowest BCUT2D eigenvalue weighted by Crippen LogP contribution is -2.34. The van der Waals surface area contributed by atoms with Crippen molar-refractivity contribution in [1.82, 2.24) is 24.9 Å². The zero-order valence-corrected chi connectivity index (χ0v) is 17.8. The summed E-state index contributed by atoms with van der Waals surface area (Å²) < 4.78 is 1.40. The molecule has 1 amide bonds. The molecule has 7 heteroatoms. The fraction of sp³-hybridized carbons (Fsp3) is 0.250. The summed E-state index contributed by atoms with van der Waals surface area (Å²) in [5.41, 5.74) is 4.49. The lowest BCUT2D eigenvalue weighted by Gasteiger charge is -2.22. The highest BCUT2D eigenvalue weighted by Crippen LogP contribution is 2.22. The van der Waals surface area contributed by atoms with Crippen LogP contribution in [0.15, 0.2) is 65.7 Å². The number of hydrogen-bond donors (Lipinski definition) is 2. The van der Waals surface area contributed by atoms with Gasteiger partial charge in [0, 0.05) is 30.1 Å². The van der Waals surface area contributed by atoms with Gasteiger partial charge in [0.05, 0.1) is 23.9 Å². The van der Waals surface area contributed by atoms with E-state index in [2.05, 4.69) is 20.4 Å². The third-order valence-electron chi connectivity index (χ3n) is 5.36. The van der Waals surface area contributed by atoms with Crippen LogP contribution in [0.1, 0.15) is 36.7 Å². The number of rotatable bonds is 6. The average molecular weight is 415 g/mol. The highest BCUT2D eigenvalue weighted by Gasteiger charge is 2.22. The number of aromatic nitrogens is 4. The van der Waals surface area contributed by atoms with Crippen molar-refractivity contribution in [2.45, 2.75) is 33.2 Å². The van der Waals surface area contributed by atoms with Crippen LogP contribution in [-0.2, 0) is 11.2 Å². The van der Waals surface area contributed by atoms with Crippen molar-refractivity contribution >= 4 is 11.6 Å². The molecule has 0 unspecified atom stereocenters. The summed E-state index contributed by atoms with van der Waals surface area (Å²) in [5.74, 6) is -0.0352. The van der Waals surface area contributed by atoms with Crippen LogP contribution in [0.3, 0.4) is 0 Å². The zero-order chi connectivity index (χ0) is 22.0. The van der Waals surface area contributed by atoms with Crippen LogP contribution in [0.4, 0.5) is 0 Å². The summed E-state index contributed by atoms with van der Waals surface area (Å²) >= 11 is 0. The van der Waals surface area contributed by atoms with Crippen LogP contribution >= 0.6 is 0 Å². The molecule has 2 N–H and O–H groups in total. The number of fused-ring (bicyclic) bond motifs is 1. The molecule has 3 aromatic heterocycles. The number of nitrogens with zero attached hydrogens (tertiary/aromatic N) is 3. The number of nitrogens with one attached hydrogen (secondary N) is 2. The molecule has 4 aromatic rings. The highest BCUT2D eigenvalue weighted by atomic mass is 16.1. The van der Waals surface area contributed by atoms with E-state index in [0.717, 1.165) is 22.4 Å². The first-order valence-corrected chi connectivity index (χ1v) is 10.3. The molecular formula is C24H25N5O2. The highest BCUT2D eigenvalue weighted by molar-refractivity contribution is 5.79. The topological polar surface area (TPSA) is 92.2 Å². The van der Waals surface area contributed by atoms with Crippen LogP contribution in [-0.4, -0.2) is 25.5 Å². The number of aromatic amines is 1. The second-order valence-electron chi connectivity index (χ2n) is 8.02. The summed E-state index contributed by atoms with van der Waals surface area (Å²) in [6.45, 7) is 5.99. The van der Waals surface area contributed by atoms with E-state index in [0.29, 0.717) is 11.3 Å². The molecular weight excluding hydrogens is 390 g/mol. The number of pyridine rings is 1. The first-order valence-electron chi connectivity index (χ1n) is 10.3. The maximum Gasteiger partial charge on any atom is 0.272 e. The maximum absolute atomic E-state index is 12.8. The molecule has 1 atom stereocenters. The minimum Gasteiger partial charge on any atom is -0.347 e. The molecule has 0 saturated heterocycles. The van der Waals surface area contributed by atoms with E-state index in [1.807, 2.05) is 63.2 Å². The molecule has 0 radical (unpaired) electrons. The fourth-order valence-corrected chi connectivity index (χ4v) is 3.63. The third-order valence-corrected chi connectivity index (χ3v) is 5.36. The van der Waals surface area contributed by atoms with Crippen molar-refractivity contribution in [3.8, 4) is 11.3 Å². The maximum atomic E-state index is 12.8. The van der Waals surface area contributed by atoms with Gasteiger partial charge in [-0.3, -0.25) is 19.7 Å². The Morgan fingerprint density at radius 3 is 2.68 bits per heavy atom. The first kappa shape index (κ1) is 20.5. The van der Waals surface area contributed by atoms with E-state index in [-0.39, 0.29) is 29.8 Å². The number of H-pyrrole nitrogens is 1. The van der Waals surface area contributed by atoms with E-state index < -0.39 is 0 Å². The normalized spacial score (nSPS) is 12.3. The number of hydrogen-bond acceptors (Lipinski definition) is 4. The smallest absolute Gasteiger partial charge is 0.272 e. The van der Waals surface area contributed by atoms with Gasteiger partial charge < -0.3 is 5.32 Å². The van der Waals surface area contributed by atoms with E-state index >= 15 is 0 Å². The van der Waals surface area contributed by atoms with Crippen molar-refractivity contribution < 1.29 is 4.79 Å². The number of benzene rings is 1. The second kappa shape index (κ2) is 8.55. The van der Waals surface area contributed by atoms with Gasteiger partial charge in [0.15, 0.2) is 5.65 Å². The zero-order valence-electron chi connectivity index (χ0n) is 17.8. The predicted molar refractivity (Wildman–Crippen MR) is 120 cm³/mol. The van der Waals surface area contributed by atoms with Crippen molar-refractivity contribution in [3.63, 3.8) is 0 Å². The number of carbonyl (C=O) groups is 1. The van der Waals surface area contributed by atoms with Gasteiger partial charge in [-0.05, 0) is 36.1 Å². The predicted octanol–water partition coefficient (Wildman–Crippen LogP) is 3.45. The van der Waals surface area contributed by atoms with Crippen molar-refractivity contribution in [2.75, 3.05) is 0 Å². The van der Waals surface area contributed by atoms with E-state index in [9.17, 15) is 9.59 Å². The van der Waals surface area contributed by atoms with Gasteiger partial charge in [-0.25, -0.2) is 9.50 Å². The summed E-state index contributed by atoms with van der Waals surface area (Å²) in [6, 6.07) is 14.5. The molecule has 0 saturated carbocycles. The molecule has 1 aromatic carbocycles. The Bertz CT molecular complexity index is 1270. The van der Waals surface area contributed by atoms with Crippen LogP contribution in [0.25, 0.3) is 16.9 Å². The average Bonchev–Trinajstić information content (AvgIpc) is 3.19. The lowest BCUT2D eigenvalue weighted by molar-refractivity contribution is -0.121. The van der Waals surface area contributed by atoms with Crippen LogP contribution < -0.4 is 10.9 Å². The molecule has 0 aliphatic carbocycles. The Hall–Kier alpha value is -3.74. The standard InChI is InChI=1S/C24H25N5O2/c1-15(2)24(27-22(30)11-17-8-5-4-7-16(17)3)20-13-23(31)29-21(26-20)12-19(28-29)18-9-6-10-25-14-18/h4-10,12-15,24,28H,11H2,1-3H3,(H,27,30)/t24-/m0/s1. The van der Waals surface area contributed by atoms with Gasteiger partial charge >= 0.3 is 0 Å². The van der Waals surface area contributed by atoms with Crippen LogP contribution in [0.2, 0.25) is 0 Å². The third kappa shape index (κ3) is 4.40. The van der Waals surface area contributed by atoms with Gasteiger partial charge in [-0.2, -0.15) is 0 Å². The van der Waals surface area contributed by atoms with Crippen molar-refractivity contribution in [2.24, 2.45) is 5.92 Å². The van der Waals surface area contributed by atoms with E-state index in [1.54, 1.807) is 12.4 Å². The Labute approximate surface area is 180 Å². The van der Waals surface area contributed by atoms with Crippen LogP contribution in [0, 0.1) is 12.8 Å². The van der Waals surface area contributed by atoms with Crippen molar-refractivity contribution in [1.29, 1.82) is 0 Å². The van der Waals surface area contributed by atoms with Crippen molar-refractivity contribution in [3.05, 3.63) is 88.1 Å². The lowest BCUT2D eigenvalue weighted by atomic mass is 9.99. The Kier molecular flexibility index (Phi) is 5.66. The molecule has 0 bridgehead atoms. The molecule has 4 rings (SSSR count). The Morgan fingerprint density at radius 1 is 1.16 bits per heavy atom. The number of carbonyl (C=O) groups excluding carboxylic acids is 1. The molecule has 0 fully saturated rings. The van der Waals surface area contributed by atoms with Crippen LogP contribution in [0.5, 0.6) is 0 Å².